The average Bonchev–Trinajstić information content (AvgIpc) is 2.53. The third-order valence-electron chi connectivity index (χ3n) is 2.96. The summed E-state index contributed by atoms with van der Waals surface area (Å²) in [5, 5.41) is 2.90. The molecule has 0 saturated carbocycles. The molecule has 0 unspecified atom stereocenters. The Kier molecular flexibility index (Phi) is 7.68. The van der Waals surface area contributed by atoms with Gasteiger partial charge in [0.25, 0.3) is 5.91 Å². The van der Waals surface area contributed by atoms with Crippen molar-refractivity contribution in [1.29, 1.82) is 0 Å². The molecule has 0 spiro atoms. The Morgan fingerprint density at radius 3 is 2.57 bits per heavy atom. The number of carbonyl (C=O) groups is 2. The molecule has 0 bridgehead atoms. The molecule has 7 heteroatoms. The molecule has 0 aliphatic carbocycles. The van der Waals surface area contributed by atoms with E-state index in [2.05, 4.69) is 5.32 Å². The second-order valence-electron chi connectivity index (χ2n) is 4.76. The molecule has 1 atom stereocenters. The van der Waals surface area contributed by atoms with Gasteiger partial charge in [0, 0.05) is 6.54 Å². The number of halogens is 1. The van der Waals surface area contributed by atoms with Crippen LogP contribution in [0.5, 0.6) is 11.5 Å². The van der Waals surface area contributed by atoms with Crippen LogP contribution >= 0.6 is 11.6 Å². The van der Waals surface area contributed by atoms with E-state index in [1.54, 1.807) is 0 Å². The van der Waals surface area contributed by atoms with Crippen LogP contribution in [0.25, 0.3) is 0 Å². The number of amides is 1. The predicted octanol–water partition coefficient (Wildman–Crippen LogP) is 2.82. The summed E-state index contributed by atoms with van der Waals surface area (Å²) in [7, 11) is 1.45. The first-order valence-corrected chi connectivity index (χ1v) is 7.81. The van der Waals surface area contributed by atoms with Crippen LogP contribution in [-0.4, -0.2) is 38.2 Å². The number of methoxy groups -OCH3 is 1. The first-order chi connectivity index (χ1) is 10.9. The monoisotopic (exact) mass is 343 g/mol. The van der Waals surface area contributed by atoms with E-state index in [4.69, 9.17) is 25.8 Å². The normalized spacial score (nSPS) is 11.5. The lowest BCUT2D eigenvalue weighted by atomic mass is 10.2. The summed E-state index contributed by atoms with van der Waals surface area (Å²) in [5.41, 5.74) is 0.186. The molecule has 23 heavy (non-hydrogen) atoms. The first-order valence-electron chi connectivity index (χ1n) is 7.43. The lowest BCUT2D eigenvalue weighted by molar-refractivity contribution is -0.129. The molecule has 0 radical (unpaired) electrons. The zero-order valence-electron chi connectivity index (χ0n) is 13.8. The summed E-state index contributed by atoms with van der Waals surface area (Å²) in [6.07, 6.45) is -0.0941. The number of esters is 1. The van der Waals surface area contributed by atoms with E-state index in [9.17, 15) is 9.59 Å². The molecule has 1 N–H and O–H groups in total. The third-order valence-corrected chi connectivity index (χ3v) is 3.24. The minimum Gasteiger partial charge on any atom is -0.493 e. The van der Waals surface area contributed by atoms with Crippen LogP contribution < -0.4 is 14.8 Å². The smallest absolute Gasteiger partial charge is 0.339 e. The highest BCUT2D eigenvalue weighted by molar-refractivity contribution is 6.32. The van der Waals surface area contributed by atoms with Crippen LogP contribution in [0, 0.1) is 0 Å². The minimum atomic E-state index is -0.898. The van der Waals surface area contributed by atoms with Gasteiger partial charge in [-0.3, -0.25) is 4.79 Å². The van der Waals surface area contributed by atoms with Gasteiger partial charge in [-0.05, 0) is 32.4 Å². The van der Waals surface area contributed by atoms with E-state index in [-0.39, 0.29) is 16.5 Å². The van der Waals surface area contributed by atoms with Crippen LogP contribution in [0.2, 0.25) is 5.02 Å². The van der Waals surface area contributed by atoms with Crippen molar-refractivity contribution in [1.82, 2.24) is 5.32 Å². The molecule has 1 rings (SSSR count). The Bertz CT molecular complexity index is 562. The fourth-order valence-electron chi connectivity index (χ4n) is 1.80. The summed E-state index contributed by atoms with van der Waals surface area (Å²) in [5.74, 6) is -0.312. The molecule has 1 amide bonds. The molecular formula is C16H22ClNO5. The van der Waals surface area contributed by atoms with Crippen molar-refractivity contribution in [2.45, 2.75) is 33.3 Å². The van der Waals surface area contributed by atoms with Gasteiger partial charge in [0.15, 0.2) is 17.6 Å². The quantitative estimate of drug-likeness (QED) is 0.735. The second kappa shape index (κ2) is 9.25. The predicted molar refractivity (Wildman–Crippen MR) is 87.4 cm³/mol. The molecule has 0 fully saturated rings. The van der Waals surface area contributed by atoms with Crippen molar-refractivity contribution in [3.05, 3.63) is 22.7 Å². The SMILES string of the molecule is CCCNC(=O)[C@H](C)OC(=O)c1cc(Cl)c(OCC)c(OC)c1. The van der Waals surface area contributed by atoms with Gasteiger partial charge >= 0.3 is 5.97 Å². The summed E-state index contributed by atoms with van der Waals surface area (Å²) in [4.78, 5) is 23.9. The Morgan fingerprint density at radius 2 is 2.00 bits per heavy atom. The van der Waals surface area contributed by atoms with Crippen LogP contribution in [0.3, 0.4) is 0 Å². The summed E-state index contributed by atoms with van der Waals surface area (Å²) < 4.78 is 15.7. The number of carbonyl (C=O) groups excluding carboxylic acids is 2. The zero-order valence-corrected chi connectivity index (χ0v) is 14.5. The third kappa shape index (κ3) is 5.32. The maximum atomic E-state index is 12.2. The Morgan fingerprint density at radius 1 is 1.30 bits per heavy atom. The van der Waals surface area contributed by atoms with Crippen molar-refractivity contribution in [3.63, 3.8) is 0 Å². The molecule has 0 saturated heterocycles. The number of benzene rings is 1. The van der Waals surface area contributed by atoms with E-state index in [0.717, 1.165) is 6.42 Å². The largest absolute Gasteiger partial charge is 0.493 e. The Balaban J connectivity index is 2.87. The molecule has 0 heterocycles. The minimum absolute atomic E-state index is 0.186. The molecule has 0 aliphatic rings. The second-order valence-corrected chi connectivity index (χ2v) is 5.17. The Hall–Kier alpha value is -1.95. The number of rotatable bonds is 8. The summed E-state index contributed by atoms with van der Waals surface area (Å²) in [6, 6.07) is 2.89. The lowest BCUT2D eigenvalue weighted by Crippen LogP contribution is -2.36. The van der Waals surface area contributed by atoms with Crippen LogP contribution in [0.1, 0.15) is 37.6 Å². The van der Waals surface area contributed by atoms with Crippen LogP contribution in [0.4, 0.5) is 0 Å². The highest BCUT2D eigenvalue weighted by Crippen LogP contribution is 2.36. The summed E-state index contributed by atoms with van der Waals surface area (Å²) >= 11 is 6.11. The van der Waals surface area contributed by atoms with Gasteiger partial charge in [-0.1, -0.05) is 18.5 Å². The van der Waals surface area contributed by atoms with E-state index >= 15 is 0 Å². The van der Waals surface area contributed by atoms with Crippen LogP contribution in [0.15, 0.2) is 12.1 Å². The van der Waals surface area contributed by atoms with E-state index in [0.29, 0.717) is 24.7 Å². The van der Waals surface area contributed by atoms with Crippen molar-refractivity contribution in [2.75, 3.05) is 20.3 Å². The fourth-order valence-corrected chi connectivity index (χ4v) is 2.06. The maximum Gasteiger partial charge on any atom is 0.339 e. The number of hydrogen-bond donors (Lipinski definition) is 1. The number of ether oxygens (including phenoxy) is 3. The van der Waals surface area contributed by atoms with Crippen molar-refractivity contribution >= 4 is 23.5 Å². The zero-order chi connectivity index (χ0) is 17.4. The van der Waals surface area contributed by atoms with Gasteiger partial charge in [-0.15, -0.1) is 0 Å². The molecule has 6 nitrogen and oxygen atoms in total. The van der Waals surface area contributed by atoms with Gasteiger partial charge in [-0.2, -0.15) is 0 Å². The first kappa shape index (κ1) is 19.1. The summed E-state index contributed by atoms with van der Waals surface area (Å²) in [6.45, 7) is 6.20. The van der Waals surface area contributed by atoms with Crippen molar-refractivity contribution < 1.29 is 23.8 Å². The van der Waals surface area contributed by atoms with Crippen LogP contribution in [-0.2, 0) is 9.53 Å². The maximum absolute atomic E-state index is 12.2. The van der Waals surface area contributed by atoms with Gasteiger partial charge in [-0.25, -0.2) is 4.79 Å². The van der Waals surface area contributed by atoms with Gasteiger partial charge < -0.3 is 19.5 Å². The average molecular weight is 344 g/mol. The fraction of sp³-hybridized carbons (Fsp3) is 0.500. The number of nitrogens with one attached hydrogen (secondary N) is 1. The highest BCUT2D eigenvalue weighted by Gasteiger charge is 2.21. The molecule has 1 aromatic rings. The highest BCUT2D eigenvalue weighted by atomic mass is 35.5. The van der Waals surface area contributed by atoms with Gasteiger partial charge in [0.1, 0.15) is 0 Å². The molecule has 0 aliphatic heterocycles. The lowest BCUT2D eigenvalue weighted by Gasteiger charge is -2.15. The Labute approximate surface area is 141 Å². The molecule has 0 aromatic heterocycles. The van der Waals surface area contributed by atoms with Crippen molar-refractivity contribution in [2.24, 2.45) is 0 Å². The molecule has 128 valence electrons. The van der Waals surface area contributed by atoms with E-state index in [1.807, 2.05) is 13.8 Å². The molecular weight excluding hydrogens is 322 g/mol. The number of hydrogen-bond acceptors (Lipinski definition) is 5. The standard InChI is InChI=1S/C16H22ClNO5/c1-5-7-18-15(19)10(3)23-16(20)11-8-12(17)14(22-6-2)13(9-11)21-4/h8-10H,5-7H2,1-4H3,(H,18,19)/t10-/m0/s1. The van der Waals surface area contributed by atoms with Gasteiger partial charge in [0.05, 0.1) is 24.3 Å². The molecule has 1 aromatic carbocycles. The van der Waals surface area contributed by atoms with E-state index < -0.39 is 12.1 Å². The van der Waals surface area contributed by atoms with E-state index in [1.165, 1.54) is 26.2 Å². The topological polar surface area (TPSA) is 73.9 Å². The van der Waals surface area contributed by atoms with Gasteiger partial charge in [0.2, 0.25) is 0 Å². The van der Waals surface area contributed by atoms with Crippen molar-refractivity contribution in [3.8, 4) is 11.5 Å².